The summed E-state index contributed by atoms with van der Waals surface area (Å²) >= 11 is 0. The number of nitrogens with one attached hydrogen (secondary N) is 2. The smallest absolute Gasteiger partial charge is 0.242 e. The van der Waals surface area contributed by atoms with Gasteiger partial charge in [0.2, 0.25) is 5.91 Å². The first kappa shape index (κ1) is 15.2. The molecule has 1 atom stereocenters. The largest absolute Gasteiger partial charge is 0.347 e. The molecule has 2 N–H and O–H groups in total. The normalized spacial score (nSPS) is 12.4. The predicted octanol–water partition coefficient (Wildman–Crippen LogP) is 1.34. The van der Waals surface area contributed by atoms with E-state index in [2.05, 4.69) is 20.5 Å². The Kier molecular flexibility index (Phi) is 4.70. The molecule has 2 rings (SSSR count). The van der Waals surface area contributed by atoms with E-state index in [4.69, 9.17) is 0 Å². The van der Waals surface area contributed by atoms with Crippen molar-refractivity contribution in [2.45, 2.75) is 26.4 Å². The first-order valence-corrected chi connectivity index (χ1v) is 6.86. The van der Waals surface area contributed by atoms with Gasteiger partial charge in [-0.1, -0.05) is 24.3 Å². The number of hydrogen-bond acceptors (Lipinski definition) is 4. The number of benzene rings is 1. The molecule has 0 bridgehead atoms. The fourth-order valence-electron chi connectivity index (χ4n) is 2.28. The van der Waals surface area contributed by atoms with E-state index in [1.807, 2.05) is 57.1 Å². The summed E-state index contributed by atoms with van der Waals surface area (Å²) in [5.41, 5.74) is 2.10. The number of amides is 1. The summed E-state index contributed by atoms with van der Waals surface area (Å²) in [4.78, 5) is 18.6. The van der Waals surface area contributed by atoms with Crippen LogP contribution in [0.25, 0.3) is 0 Å². The van der Waals surface area contributed by atoms with E-state index >= 15 is 0 Å². The Morgan fingerprint density at radius 3 is 2.62 bits per heavy atom. The van der Waals surface area contributed by atoms with E-state index in [1.165, 1.54) is 0 Å². The molecule has 0 radical (unpaired) electrons. The van der Waals surface area contributed by atoms with Crippen LogP contribution in [0.5, 0.6) is 0 Å². The van der Waals surface area contributed by atoms with Crippen LogP contribution in [0.3, 0.4) is 0 Å². The highest BCUT2D eigenvalue weighted by molar-refractivity contribution is 5.83. The summed E-state index contributed by atoms with van der Waals surface area (Å²) in [6, 6.07) is 7.59. The quantitative estimate of drug-likeness (QED) is 0.870. The van der Waals surface area contributed by atoms with Gasteiger partial charge in [-0.25, -0.2) is 4.98 Å². The lowest BCUT2D eigenvalue weighted by atomic mass is 10.00. The molecule has 6 heteroatoms. The minimum Gasteiger partial charge on any atom is -0.347 e. The Hall–Kier alpha value is -2.21. The third kappa shape index (κ3) is 3.66. The van der Waals surface area contributed by atoms with Gasteiger partial charge < -0.3 is 5.32 Å². The summed E-state index contributed by atoms with van der Waals surface area (Å²) < 4.78 is 0. The molecule has 0 fully saturated rings. The van der Waals surface area contributed by atoms with Gasteiger partial charge in [0.15, 0.2) is 5.82 Å². The lowest BCUT2D eigenvalue weighted by Gasteiger charge is -2.25. The number of H-pyrrole nitrogens is 1. The molecule has 0 saturated heterocycles. The number of aromatic amines is 1. The average molecular weight is 287 g/mol. The Balaban J connectivity index is 2.11. The second kappa shape index (κ2) is 6.49. The fourth-order valence-corrected chi connectivity index (χ4v) is 2.28. The molecule has 21 heavy (non-hydrogen) atoms. The zero-order valence-electron chi connectivity index (χ0n) is 12.8. The zero-order valence-corrected chi connectivity index (χ0v) is 12.8. The van der Waals surface area contributed by atoms with Gasteiger partial charge in [0.25, 0.3) is 0 Å². The van der Waals surface area contributed by atoms with Gasteiger partial charge in [0.1, 0.15) is 11.9 Å². The molecule has 1 aromatic heterocycles. The van der Waals surface area contributed by atoms with E-state index in [1.54, 1.807) is 0 Å². The van der Waals surface area contributed by atoms with Crippen LogP contribution in [0.15, 0.2) is 24.3 Å². The number of aryl methyl sites for hydroxylation is 2. The topological polar surface area (TPSA) is 73.9 Å². The molecule has 0 spiro atoms. The summed E-state index contributed by atoms with van der Waals surface area (Å²) in [5.74, 6) is 1.27. The Morgan fingerprint density at radius 2 is 2.05 bits per heavy atom. The average Bonchev–Trinajstić information content (AvgIpc) is 2.84. The van der Waals surface area contributed by atoms with Crippen molar-refractivity contribution in [3.63, 3.8) is 0 Å². The molecule has 1 aromatic carbocycles. The lowest BCUT2D eigenvalue weighted by molar-refractivity contribution is -0.126. The fraction of sp³-hybridized carbons (Fsp3) is 0.400. The van der Waals surface area contributed by atoms with Gasteiger partial charge in [-0.15, -0.1) is 0 Å². The van der Waals surface area contributed by atoms with E-state index in [0.29, 0.717) is 12.4 Å². The molecule has 2 aromatic rings. The third-order valence-corrected chi connectivity index (χ3v) is 3.31. The van der Waals surface area contributed by atoms with Gasteiger partial charge in [-0.3, -0.25) is 14.8 Å². The van der Waals surface area contributed by atoms with Crippen LogP contribution in [-0.4, -0.2) is 40.1 Å². The van der Waals surface area contributed by atoms with Crippen LogP contribution >= 0.6 is 0 Å². The summed E-state index contributed by atoms with van der Waals surface area (Å²) in [7, 11) is 3.79. The standard InChI is InChI=1S/C15H21N5O/c1-10-7-5-6-8-12(10)14(20(3)4)15(21)16-9-13-17-11(2)18-19-13/h5-8,14H,9H2,1-4H3,(H,16,21)(H,17,18,19)/t14-/m1/s1. The number of hydrogen-bond donors (Lipinski definition) is 2. The van der Waals surface area contributed by atoms with Crippen molar-refractivity contribution < 1.29 is 4.79 Å². The first-order valence-electron chi connectivity index (χ1n) is 6.86. The summed E-state index contributed by atoms with van der Waals surface area (Å²) in [6.45, 7) is 4.16. The molecule has 1 heterocycles. The highest BCUT2D eigenvalue weighted by atomic mass is 16.2. The first-order chi connectivity index (χ1) is 9.99. The maximum Gasteiger partial charge on any atom is 0.242 e. The Labute approximate surface area is 124 Å². The highest BCUT2D eigenvalue weighted by Crippen LogP contribution is 2.21. The maximum atomic E-state index is 12.5. The molecule has 0 saturated carbocycles. The van der Waals surface area contributed by atoms with Gasteiger partial charge in [-0.05, 0) is 39.1 Å². The predicted molar refractivity (Wildman–Crippen MR) is 80.6 cm³/mol. The monoisotopic (exact) mass is 287 g/mol. The Morgan fingerprint density at radius 1 is 1.33 bits per heavy atom. The molecule has 6 nitrogen and oxygen atoms in total. The van der Waals surface area contributed by atoms with Crippen LogP contribution in [0, 0.1) is 13.8 Å². The molecule has 0 aliphatic carbocycles. The lowest BCUT2D eigenvalue weighted by Crippen LogP contribution is -2.37. The van der Waals surface area contributed by atoms with Crippen molar-refractivity contribution in [2.24, 2.45) is 0 Å². The SMILES string of the molecule is Cc1nc(CNC(=O)[C@@H](c2ccccc2C)N(C)C)n[nH]1. The minimum absolute atomic E-state index is 0.0586. The maximum absolute atomic E-state index is 12.5. The van der Waals surface area contributed by atoms with Crippen molar-refractivity contribution in [2.75, 3.05) is 14.1 Å². The molecular formula is C15H21N5O. The summed E-state index contributed by atoms with van der Waals surface area (Å²) in [6.07, 6.45) is 0. The second-order valence-electron chi connectivity index (χ2n) is 5.28. The number of carbonyl (C=O) groups is 1. The van der Waals surface area contributed by atoms with E-state index in [0.717, 1.165) is 17.0 Å². The van der Waals surface area contributed by atoms with Crippen LogP contribution in [-0.2, 0) is 11.3 Å². The number of nitrogens with zero attached hydrogens (tertiary/aromatic N) is 3. The highest BCUT2D eigenvalue weighted by Gasteiger charge is 2.24. The van der Waals surface area contributed by atoms with E-state index < -0.39 is 0 Å². The van der Waals surface area contributed by atoms with Crippen molar-refractivity contribution in [3.05, 3.63) is 47.0 Å². The van der Waals surface area contributed by atoms with Crippen LogP contribution < -0.4 is 5.32 Å². The van der Waals surface area contributed by atoms with E-state index in [-0.39, 0.29) is 11.9 Å². The second-order valence-corrected chi connectivity index (χ2v) is 5.28. The van der Waals surface area contributed by atoms with Crippen LogP contribution in [0.1, 0.15) is 28.8 Å². The van der Waals surface area contributed by atoms with Crippen molar-refractivity contribution in [1.82, 2.24) is 25.4 Å². The minimum atomic E-state index is -0.328. The van der Waals surface area contributed by atoms with Crippen molar-refractivity contribution in [1.29, 1.82) is 0 Å². The molecular weight excluding hydrogens is 266 g/mol. The molecule has 112 valence electrons. The number of aromatic nitrogens is 3. The number of likely N-dealkylation sites (N-methyl/N-ethyl adjacent to an activating group) is 1. The van der Waals surface area contributed by atoms with Gasteiger partial charge in [-0.2, -0.15) is 5.10 Å². The molecule has 0 aliphatic rings. The van der Waals surface area contributed by atoms with Crippen molar-refractivity contribution >= 4 is 5.91 Å². The molecule has 1 amide bonds. The zero-order chi connectivity index (χ0) is 15.4. The third-order valence-electron chi connectivity index (χ3n) is 3.31. The number of carbonyl (C=O) groups excluding carboxylic acids is 1. The van der Waals surface area contributed by atoms with Crippen LogP contribution in [0.2, 0.25) is 0 Å². The van der Waals surface area contributed by atoms with Gasteiger partial charge >= 0.3 is 0 Å². The van der Waals surface area contributed by atoms with E-state index in [9.17, 15) is 4.79 Å². The van der Waals surface area contributed by atoms with Crippen LogP contribution in [0.4, 0.5) is 0 Å². The van der Waals surface area contributed by atoms with Gasteiger partial charge in [0, 0.05) is 0 Å². The van der Waals surface area contributed by atoms with Crippen molar-refractivity contribution in [3.8, 4) is 0 Å². The molecule has 0 unspecified atom stereocenters. The number of rotatable bonds is 5. The molecule has 0 aliphatic heterocycles. The summed E-state index contributed by atoms with van der Waals surface area (Å²) in [5, 5.41) is 9.67. The van der Waals surface area contributed by atoms with Gasteiger partial charge in [0.05, 0.1) is 6.54 Å². The Bertz CT molecular complexity index is 620.